The van der Waals surface area contributed by atoms with E-state index in [9.17, 15) is 4.79 Å². The van der Waals surface area contributed by atoms with E-state index in [0.29, 0.717) is 6.04 Å². The highest BCUT2D eigenvalue weighted by molar-refractivity contribution is 7.81. The predicted octanol–water partition coefficient (Wildman–Crippen LogP) is 1.22. The van der Waals surface area contributed by atoms with Crippen molar-refractivity contribution in [1.82, 2.24) is 5.32 Å². The maximum absolute atomic E-state index is 11.1. The Kier molecular flexibility index (Phi) is 2.82. The van der Waals surface area contributed by atoms with E-state index in [1.807, 2.05) is 0 Å². The molecule has 1 fully saturated rings. The smallest absolute Gasteiger partial charge is 0.232 e. The van der Waals surface area contributed by atoms with Crippen molar-refractivity contribution >= 4 is 18.5 Å². The maximum Gasteiger partial charge on any atom is 0.232 e. The molecule has 1 aliphatic carbocycles. The van der Waals surface area contributed by atoms with Crippen molar-refractivity contribution in [2.45, 2.75) is 38.0 Å². The summed E-state index contributed by atoms with van der Waals surface area (Å²) in [5, 5.41) is 2.76. The zero-order valence-electron chi connectivity index (χ0n) is 7.00. The maximum atomic E-state index is 11.1. The fourth-order valence-electron chi connectivity index (χ4n) is 1.34. The first-order chi connectivity index (χ1) is 5.09. The van der Waals surface area contributed by atoms with Gasteiger partial charge in [0.05, 0.1) is 5.25 Å². The summed E-state index contributed by atoms with van der Waals surface area (Å²) in [6.07, 6.45) is 2.26. The summed E-state index contributed by atoms with van der Waals surface area (Å²) in [7, 11) is 0. The Morgan fingerprint density at radius 1 is 1.64 bits per heavy atom. The average molecular weight is 173 g/mol. The van der Waals surface area contributed by atoms with Gasteiger partial charge in [-0.05, 0) is 25.7 Å². The molecule has 2 nitrogen and oxygen atoms in total. The number of rotatable bonds is 2. The van der Waals surface area contributed by atoms with Crippen molar-refractivity contribution in [3.05, 3.63) is 0 Å². The fourth-order valence-corrected chi connectivity index (χ4v) is 1.42. The van der Waals surface area contributed by atoms with Crippen molar-refractivity contribution in [3.63, 3.8) is 0 Å². The predicted molar refractivity (Wildman–Crippen MR) is 48.8 cm³/mol. The molecular weight excluding hydrogens is 158 g/mol. The minimum absolute atomic E-state index is 0.0604. The van der Waals surface area contributed by atoms with Crippen LogP contribution < -0.4 is 5.32 Å². The van der Waals surface area contributed by atoms with Gasteiger partial charge < -0.3 is 5.32 Å². The lowest BCUT2D eigenvalue weighted by molar-refractivity contribution is -0.121. The Bertz CT molecular complexity index is 152. The van der Waals surface area contributed by atoms with Gasteiger partial charge in [-0.1, -0.05) is 6.92 Å². The molecule has 0 radical (unpaired) electrons. The largest absolute Gasteiger partial charge is 0.352 e. The first kappa shape index (κ1) is 8.91. The summed E-state index contributed by atoms with van der Waals surface area (Å²) < 4.78 is 0. The molecule has 0 aromatic rings. The van der Waals surface area contributed by atoms with E-state index >= 15 is 0 Å². The van der Waals surface area contributed by atoms with Gasteiger partial charge in [0.1, 0.15) is 0 Å². The summed E-state index contributed by atoms with van der Waals surface area (Å²) in [5.41, 5.74) is 0. The van der Waals surface area contributed by atoms with Crippen molar-refractivity contribution in [1.29, 1.82) is 0 Å². The van der Waals surface area contributed by atoms with Gasteiger partial charge in [-0.15, -0.1) is 0 Å². The number of hydrogen-bond donors (Lipinski definition) is 2. The third kappa shape index (κ3) is 2.40. The highest BCUT2D eigenvalue weighted by Crippen LogP contribution is 2.26. The van der Waals surface area contributed by atoms with Gasteiger partial charge in [0.2, 0.25) is 5.91 Å². The molecule has 0 saturated heterocycles. The summed E-state index contributed by atoms with van der Waals surface area (Å²) in [5.74, 6) is 0.848. The molecule has 0 bridgehead atoms. The Morgan fingerprint density at radius 3 is 2.55 bits per heavy atom. The molecule has 1 atom stereocenters. The third-order valence-electron chi connectivity index (χ3n) is 2.10. The van der Waals surface area contributed by atoms with Crippen LogP contribution in [-0.4, -0.2) is 17.2 Å². The van der Waals surface area contributed by atoms with Crippen LogP contribution in [0.3, 0.4) is 0 Å². The van der Waals surface area contributed by atoms with Gasteiger partial charge >= 0.3 is 0 Å². The van der Waals surface area contributed by atoms with Crippen LogP contribution >= 0.6 is 12.6 Å². The van der Waals surface area contributed by atoms with Crippen molar-refractivity contribution < 1.29 is 4.79 Å². The van der Waals surface area contributed by atoms with Gasteiger partial charge in [-0.3, -0.25) is 4.79 Å². The van der Waals surface area contributed by atoms with E-state index in [1.54, 1.807) is 6.92 Å². The van der Waals surface area contributed by atoms with Gasteiger partial charge in [-0.25, -0.2) is 0 Å². The second-order valence-electron chi connectivity index (χ2n) is 3.46. The molecule has 1 amide bonds. The molecule has 11 heavy (non-hydrogen) atoms. The highest BCUT2D eigenvalue weighted by Gasteiger charge is 2.27. The lowest BCUT2D eigenvalue weighted by Gasteiger charge is -2.33. The standard InChI is InChI=1S/C8H15NOS/c1-5-3-7(4-5)9-8(10)6(2)11/h5-7,11H,3-4H2,1-2H3,(H,9,10). The SMILES string of the molecule is CC1CC(NC(=O)C(C)S)C1. The molecule has 1 N–H and O–H groups in total. The number of carbonyl (C=O) groups is 1. The van der Waals surface area contributed by atoms with E-state index in [2.05, 4.69) is 24.9 Å². The van der Waals surface area contributed by atoms with Crippen LogP contribution in [0.4, 0.5) is 0 Å². The van der Waals surface area contributed by atoms with Gasteiger partial charge in [0.25, 0.3) is 0 Å². The van der Waals surface area contributed by atoms with Crippen molar-refractivity contribution in [2.24, 2.45) is 5.92 Å². The molecule has 1 saturated carbocycles. The summed E-state index contributed by atoms with van der Waals surface area (Å²) in [6.45, 7) is 3.99. The van der Waals surface area contributed by atoms with E-state index < -0.39 is 0 Å². The zero-order valence-corrected chi connectivity index (χ0v) is 7.90. The number of hydrogen-bond acceptors (Lipinski definition) is 2. The van der Waals surface area contributed by atoms with E-state index in [1.165, 1.54) is 0 Å². The van der Waals surface area contributed by atoms with Crippen molar-refractivity contribution in [3.8, 4) is 0 Å². The average Bonchev–Trinajstić information content (AvgIpc) is 1.84. The van der Waals surface area contributed by atoms with Crippen molar-refractivity contribution in [2.75, 3.05) is 0 Å². The molecule has 3 heteroatoms. The van der Waals surface area contributed by atoms with Crippen LogP contribution in [0.15, 0.2) is 0 Å². The van der Waals surface area contributed by atoms with Crippen LogP contribution in [0.1, 0.15) is 26.7 Å². The minimum Gasteiger partial charge on any atom is -0.352 e. The lowest BCUT2D eigenvalue weighted by Crippen LogP contribution is -2.45. The molecule has 0 heterocycles. The third-order valence-corrected chi connectivity index (χ3v) is 2.33. The molecule has 1 unspecified atom stereocenters. The molecule has 0 spiro atoms. The van der Waals surface area contributed by atoms with Crippen LogP contribution in [0, 0.1) is 5.92 Å². The van der Waals surface area contributed by atoms with Gasteiger partial charge in [-0.2, -0.15) is 12.6 Å². The van der Waals surface area contributed by atoms with E-state index in [0.717, 1.165) is 18.8 Å². The Balaban J connectivity index is 2.17. The zero-order chi connectivity index (χ0) is 8.43. The minimum atomic E-state index is -0.175. The first-order valence-electron chi connectivity index (χ1n) is 4.08. The van der Waals surface area contributed by atoms with Gasteiger partial charge in [0.15, 0.2) is 0 Å². The Hall–Kier alpha value is -0.180. The molecule has 0 aliphatic heterocycles. The highest BCUT2D eigenvalue weighted by atomic mass is 32.1. The molecular formula is C8H15NOS. The number of nitrogens with one attached hydrogen (secondary N) is 1. The topological polar surface area (TPSA) is 29.1 Å². The number of amides is 1. The van der Waals surface area contributed by atoms with Crippen LogP contribution in [0.2, 0.25) is 0 Å². The molecule has 0 aromatic heterocycles. The molecule has 64 valence electrons. The van der Waals surface area contributed by atoms with E-state index in [4.69, 9.17) is 0 Å². The number of carbonyl (C=O) groups excluding carboxylic acids is 1. The molecule has 0 aromatic carbocycles. The van der Waals surface area contributed by atoms with Gasteiger partial charge in [0, 0.05) is 6.04 Å². The Morgan fingerprint density at radius 2 is 2.18 bits per heavy atom. The summed E-state index contributed by atoms with van der Waals surface area (Å²) in [4.78, 5) is 11.1. The molecule has 1 rings (SSSR count). The fraction of sp³-hybridized carbons (Fsp3) is 0.875. The normalized spacial score (nSPS) is 32.3. The second-order valence-corrected chi connectivity index (χ2v) is 4.23. The van der Waals surface area contributed by atoms with E-state index in [-0.39, 0.29) is 11.2 Å². The summed E-state index contributed by atoms with van der Waals surface area (Å²) >= 11 is 4.04. The molecule has 1 aliphatic rings. The lowest BCUT2D eigenvalue weighted by atomic mass is 9.82. The van der Waals surface area contributed by atoms with Crippen LogP contribution in [0.5, 0.6) is 0 Å². The van der Waals surface area contributed by atoms with Crippen LogP contribution in [-0.2, 0) is 4.79 Å². The Labute approximate surface area is 73.2 Å². The summed E-state index contributed by atoms with van der Waals surface area (Å²) in [6, 6.07) is 0.423. The second kappa shape index (κ2) is 3.48. The van der Waals surface area contributed by atoms with Crippen LogP contribution in [0.25, 0.3) is 0 Å². The monoisotopic (exact) mass is 173 g/mol. The number of thiol groups is 1. The first-order valence-corrected chi connectivity index (χ1v) is 4.59. The quantitative estimate of drug-likeness (QED) is 0.604.